The molecule has 0 spiro atoms. The van der Waals surface area contributed by atoms with Gasteiger partial charge in [0.1, 0.15) is 5.01 Å². The van der Waals surface area contributed by atoms with Crippen molar-refractivity contribution in [1.29, 1.82) is 0 Å². The molecule has 1 heterocycles. The molecule has 1 rings (SSSR count). The highest BCUT2D eigenvalue weighted by Crippen LogP contribution is 2.23. The molecule has 0 fully saturated rings. The van der Waals surface area contributed by atoms with Gasteiger partial charge in [0.05, 0.1) is 0 Å². The van der Waals surface area contributed by atoms with E-state index < -0.39 is 0 Å². The van der Waals surface area contributed by atoms with Crippen molar-refractivity contribution in [3.8, 4) is 0 Å². The molecule has 0 aromatic carbocycles. The fourth-order valence-electron chi connectivity index (χ4n) is 1.01. The van der Waals surface area contributed by atoms with Crippen LogP contribution in [0, 0.1) is 0 Å². The number of aliphatic hydroxyl groups is 1. The summed E-state index contributed by atoms with van der Waals surface area (Å²) in [6.07, 6.45) is 0.837. The molecule has 0 aliphatic carbocycles. The Kier molecular flexibility index (Phi) is 5.97. The van der Waals surface area contributed by atoms with E-state index in [2.05, 4.69) is 22.4 Å². The predicted octanol–water partition coefficient (Wildman–Crippen LogP) is 1.97. The van der Waals surface area contributed by atoms with Crippen LogP contribution < -0.4 is 5.32 Å². The molecule has 2 N–H and O–H groups in total. The lowest BCUT2D eigenvalue weighted by atomic mass is 10.3. The van der Waals surface area contributed by atoms with Crippen LogP contribution in [0.15, 0.2) is 0 Å². The fraction of sp³-hybridized carbons (Fsp3) is 0.778. The van der Waals surface area contributed by atoms with E-state index in [9.17, 15) is 0 Å². The van der Waals surface area contributed by atoms with Gasteiger partial charge in [-0.1, -0.05) is 18.3 Å². The highest BCUT2D eigenvalue weighted by Gasteiger charge is 2.06. The van der Waals surface area contributed by atoms with Crippen LogP contribution in [0.4, 0.5) is 5.13 Å². The van der Waals surface area contributed by atoms with Crippen LogP contribution >= 0.6 is 23.1 Å². The van der Waals surface area contributed by atoms with Gasteiger partial charge in [-0.05, 0) is 13.3 Å². The Morgan fingerprint density at radius 3 is 3.00 bits per heavy atom. The molecule has 1 aromatic heterocycles. The second-order valence-corrected chi connectivity index (χ2v) is 5.65. The number of nitrogens with zero attached hydrogens (tertiary/aromatic N) is 2. The first kappa shape index (κ1) is 12.7. The van der Waals surface area contributed by atoms with E-state index in [4.69, 9.17) is 5.11 Å². The smallest absolute Gasteiger partial charge is 0.205 e. The van der Waals surface area contributed by atoms with Crippen molar-refractivity contribution in [3.63, 3.8) is 0 Å². The maximum absolute atomic E-state index is 8.76. The van der Waals surface area contributed by atoms with Crippen LogP contribution in [0.5, 0.6) is 0 Å². The molecule has 1 atom stereocenters. The molecule has 1 unspecified atom stereocenters. The number of hydrogen-bond acceptors (Lipinski definition) is 6. The molecule has 0 radical (unpaired) electrons. The van der Waals surface area contributed by atoms with E-state index >= 15 is 0 Å². The molecule has 4 nitrogen and oxygen atoms in total. The summed E-state index contributed by atoms with van der Waals surface area (Å²) < 4.78 is 0. The van der Waals surface area contributed by atoms with Crippen LogP contribution in [0.1, 0.15) is 25.3 Å². The zero-order valence-electron chi connectivity index (χ0n) is 9.06. The van der Waals surface area contributed by atoms with Gasteiger partial charge in [0.25, 0.3) is 0 Å². The van der Waals surface area contributed by atoms with Crippen molar-refractivity contribution in [3.05, 3.63) is 5.01 Å². The van der Waals surface area contributed by atoms with Crippen molar-refractivity contribution < 1.29 is 5.11 Å². The summed E-state index contributed by atoms with van der Waals surface area (Å²) in [4.78, 5) is 0. The zero-order valence-corrected chi connectivity index (χ0v) is 10.7. The largest absolute Gasteiger partial charge is 0.396 e. The zero-order chi connectivity index (χ0) is 11.1. The highest BCUT2D eigenvalue weighted by atomic mass is 32.2. The van der Waals surface area contributed by atoms with E-state index in [1.807, 2.05) is 6.92 Å². The van der Waals surface area contributed by atoms with E-state index in [1.54, 1.807) is 23.1 Å². The molecule has 86 valence electrons. The lowest BCUT2D eigenvalue weighted by Gasteiger charge is -2.06. The van der Waals surface area contributed by atoms with E-state index in [1.165, 1.54) is 0 Å². The average molecular weight is 247 g/mol. The first-order valence-corrected chi connectivity index (χ1v) is 6.91. The quantitative estimate of drug-likeness (QED) is 0.771. The van der Waals surface area contributed by atoms with Crippen molar-refractivity contribution in [2.75, 3.05) is 18.5 Å². The molecule has 1 aromatic rings. The summed E-state index contributed by atoms with van der Waals surface area (Å²) in [6.45, 7) is 5.29. The number of anilines is 1. The SMILES string of the molecule is CCNc1nnc(CSC(C)CCO)s1. The summed E-state index contributed by atoms with van der Waals surface area (Å²) in [6, 6.07) is 0. The van der Waals surface area contributed by atoms with E-state index in [0.717, 1.165) is 28.9 Å². The Hall–Kier alpha value is -0.330. The standard InChI is InChI=1S/C9H17N3OS2/c1-3-10-9-12-11-8(15-9)6-14-7(2)4-5-13/h7,13H,3-6H2,1-2H3,(H,10,12). The Morgan fingerprint density at radius 1 is 1.53 bits per heavy atom. The van der Waals surface area contributed by atoms with Crippen molar-refractivity contribution in [2.45, 2.75) is 31.3 Å². The predicted molar refractivity (Wildman–Crippen MR) is 66.5 cm³/mol. The number of hydrogen-bond donors (Lipinski definition) is 2. The minimum atomic E-state index is 0.257. The summed E-state index contributed by atoms with van der Waals surface area (Å²) in [5.41, 5.74) is 0. The minimum absolute atomic E-state index is 0.257. The number of rotatable bonds is 7. The van der Waals surface area contributed by atoms with Crippen molar-refractivity contribution in [2.24, 2.45) is 0 Å². The Balaban J connectivity index is 2.30. The summed E-state index contributed by atoms with van der Waals surface area (Å²) in [5.74, 6) is 0.879. The van der Waals surface area contributed by atoms with Gasteiger partial charge in [0.15, 0.2) is 0 Å². The molecule has 0 aliphatic heterocycles. The Bertz CT molecular complexity index is 280. The topological polar surface area (TPSA) is 58.0 Å². The third-order valence-electron chi connectivity index (χ3n) is 1.82. The van der Waals surface area contributed by atoms with Crippen LogP contribution in [0.25, 0.3) is 0 Å². The average Bonchev–Trinajstić information content (AvgIpc) is 2.64. The van der Waals surface area contributed by atoms with Gasteiger partial charge in [0, 0.05) is 24.2 Å². The van der Waals surface area contributed by atoms with Gasteiger partial charge in [-0.15, -0.1) is 10.2 Å². The molecular weight excluding hydrogens is 230 g/mol. The summed E-state index contributed by atoms with van der Waals surface area (Å²) >= 11 is 3.41. The lowest BCUT2D eigenvalue weighted by molar-refractivity contribution is 0.289. The minimum Gasteiger partial charge on any atom is -0.396 e. The Morgan fingerprint density at radius 2 is 2.33 bits per heavy atom. The molecule has 0 amide bonds. The molecule has 0 bridgehead atoms. The van der Waals surface area contributed by atoms with Crippen LogP contribution in [-0.4, -0.2) is 33.7 Å². The molecule has 15 heavy (non-hydrogen) atoms. The summed E-state index contributed by atoms with van der Waals surface area (Å²) in [5, 5.41) is 22.4. The molecule has 0 saturated heterocycles. The van der Waals surface area contributed by atoms with Crippen LogP contribution in [0.3, 0.4) is 0 Å². The first-order chi connectivity index (χ1) is 7.26. The van der Waals surface area contributed by atoms with Gasteiger partial charge in [0.2, 0.25) is 5.13 Å². The third kappa shape index (κ3) is 4.81. The van der Waals surface area contributed by atoms with Crippen LogP contribution in [-0.2, 0) is 5.75 Å². The number of aromatic nitrogens is 2. The van der Waals surface area contributed by atoms with E-state index in [-0.39, 0.29) is 6.61 Å². The number of nitrogens with one attached hydrogen (secondary N) is 1. The maximum atomic E-state index is 8.76. The second kappa shape index (κ2) is 7.03. The maximum Gasteiger partial charge on any atom is 0.205 e. The second-order valence-electron chi connectivity index (χ2n) is 3.17. The lowest BCUT2D eigenvalue weighted by Crippen LogP contribution is -1.99. The van der Waals surface area contributed by atoms with Crippen molar-refractivity contribution in [1.82, 2.24) is 10.2 Å². The van der Waals surface area contributed by atoms with E-state index in [0.29, 0.717) is 5.25 Å². The van der Waals surface area contributed by atoms with Crippen LogP contribution in [0.2, 0.25) is 0 Å². The third-order valence-corrected chi connectivity index (χ3v) is 4.13. The van der Waals surface area contributed by atoms with Gasteiger partial charge in [-0.25, -0.2) is 0 Å². The van der Waals surface area contributed by atoms with Gasteiger partial charge in [-0.2, -0.15) is 11.8 Å². The van der Waals surface area contributed by atoms with Crippen molar-refractivity contribution >= 4 is 28.2 Å². The fourth-order valence-corrected chi connectivity index (χ4v) is 2.81. The molecular formula is C9H17N3OS2. The van der Waals surface area contributed by atoms with Gasteiger partial charge < -0.3 is 10.4 Å². The highest BCUT2D eigenvalue weighted by molar-refractivity contribution is 7.99. The molecule has 0 aliphatic rings. The Labute approximate surface area is 98.5 Å². The number of aliphatic hydroxyl groups excluding tert-OH is 1. The van der Waals surface area contributed by atoms with Gasteiger partial charge in [-0.3, -0.25) is 0 Å². The normalized spacial score (nSPS) is 12.7. The monoisotopic (exact) mass is 247 g/mol. The first-order valence-electron chi connectivity index (χ1n) is 5.05. The summed E-state index contributed by atoms with van der Waals surface area (Å²) in [7, 11) is 0. The molecule has 0 saturated carbocycles. The van der Waals surface area contributed by atoms with Gasteiger partial charge >= 0.3 is 0 Å². The molecule has 6 heteroatoms. The number of thioether (sulfide) groups is 1.